The molecule has 1 heterocycles. The van der Waals surface area contributed by atoms with Crippen molar-refractivity contribution in [2.45, 2.75) is 31.2 Å². The first-order valence-electron chi connectivity index (χ1n) is 6.44. The third kappa shape index (κ3) is 2.00. The van der Waals surface area contributed by atoms with E-state index in [0.717, 1.165) is 12.8 Å². The Kier molecular flexibility index (Phi) is 2.99. The summed E-state index contributed by atoms with van der Waals surface area (Å²) < 4.78 is 25.1. The van der Waals surface area contributed by atoms with Gasteiger partial charge in [0.25, 0.3) is 0 Å². The lowest BCUT2D eigenvalue weighted by molar-refractivity contribution is 0.170. The highest BCUT2D eigenvalue weighted by Gasteiger charge is 2.39. The molecule has 100 valence electrons. The third-order valence-corrected chi connectivity index (χ3v) is 3.82. The fourth-order valence-corrected chi connectivity index (χ4v) is 2.91. The Morgan fingerprint density at radius 3 is 2.42 bits per heavy atom. The van der Waals surface area contributed by atoms with Crippen LogP contribution in [-0.4, -0.2) is 19.3 Å². The Morgan fingerprint density at radius 1 is 1.16 bits per heavy atom. The summed E-state index contributed by atoms with van der Waals surface area (Å²) in [6.45, 7) is 0.867. The molecule has 4 nitrogen and oxygen atoms in total. The minimum absolute atomic E-state index is 0.398. The molecule has 0 amide bonds. The van der Waals surface area contributed by atoms with Crippen molar-refractivity contribution in [3.8, 4) is 11.5 Å². The molecule has 1 saturated carbocycles. The topological polar surface area (TPSA) is 47.9 Å². The number of carbonyl (C=O) groups excluding carboxylic acids is 1. The molecule has 1 fully saturated rings. The largest absolute Gasteiger partial charge is 0.486 e. The van der Waals surface area contributed by atoms with Crippen LogP contribution in [0.15, 0.2) is 17.1 Å². The zero-order chi connectivity index (χ0) is 13.3. The third-order valence-electron chi connectivity index (χ3n) is 3.82. The van der Waals surface area contributed by atoms with Gasteiger partial charge >= 0.3 is 0 Å². The van der Waals surface area contributed by atoms with Crippen LogP contribution < -0.4 is 9.47 Å². The number of aliphatic imine (C=N–C) groups is 1. The van der Waals surface area contributed by atoms with Gasteiger partial charge < -0.3 is 9.47 Å². The number of nitrogens with zero attached hydrogens (tertiary/aromatic N) is 1. The van der Waals surface area contributed by atoms with Crippen molar-refractivity contribution >= 4 is 6.08 Å². The first-order chi connectivity index (χ1) is 9.25. The van der Waals surface area contributed by atoms with Crippen molar-refractivity contribution < 1.29 is 18.7 Å². The number of hydrogen-bond acceptors (Lipinski definition) is 4. The van der Waals surface area contributed by atoms with Crippen LogP contribution in [0.4, 0.5) is 4.39 Å². The molecule has 0 bridgehead atoms. The Bertz CT molecular complexity index is 546. The second-order valence-corrected chi connectivity index (χ2v) is 4.92. The van der Waals surface area contributed by atoms with Crippen LogP contribution in [0.1, 0.15) is 31.2 Å². The van der Waals surface area contributed by atoms with E-state index < -0.39 is 11.4 Å². The average molecular weight is 263 g/mol. The van der Waals surface area contributed by atoms with Crippen molar-refractivity contribution in [2.24, 2.45) is 4.99 Å². The van der Waals surface area contributed by atoms with Gasteiger partial charge in [-0.2, -0.15) is 4.99 Å². The molecule has 0 N–H and O–H groups in total. The molecular weight excluding hydrogens is 249 g/mol. The lowest BCUT2D eigenvalue weighted by Gasteiger charge is -2.26. The summed E-state index contributed by atoms with van der Waals surface area (Å²) >= 11 is 0. The smallest absolute Gasteiger partial charge is 0.235 e. The van der Waals surface area contributed by atoms with Crippen LogP contribution in [0.2, 0.25) is 0 Å². The van der Waals surface area contributed by atoms with Crippen molar-refractivity contribution in [3.05, 3.63) is 23.5 Å². The van der Waals surface area contributed by atoms with Gasteiger partial charge in [0.15, 0.2) is 11.5 Å². The van der Waals surface area contributed by atoms with Crippen molar-refractivity contribution in [1.29, 1.82) is 0 Å². The molecule has 0 atom stereocenters. The molecule has 0 spiro atoms. The number of hydrogen-bond donors (Lipinski definition) is 0. The van der Waals surface area contributed by atoms with Gasteiger partial charge in [-0.1, -0.05) is 12.8 Å². The normalized spacial score (nSPS) is 19.8. The molecular formula is C14H14FNO3. The minimum Gasteiger partial charge on any atom is -0.486 e. The predicted octanol–water partition coefficient (Wildman–Crippen LogP) is 2.70. The Morgan fingerprint density at radius 2 is 1.79 bits per heavy atom. The molecule has 0 aromatic heterocycles. The highest BCUT2D eigenvalue weighted by Crippen LogP contribution is 2.46. The quantitative estimate of drug-likeness (QED) is 0.609. The Hall–Kier alpha value is -1.87. The highest BCUT2D eigenvalue weighted by molar-refractivity contribution is 5.48. The van der Waals surface area contributed by atoms with E-state index in [1.165, 1.54) is 6.07 Å². The lowest BCUT2D eigenvalue weighted by atomic mass is 9.88. The first-order valence-corrected chi connectivity index (χ1v) is 6.44. The van der Waals surface area contributed by atoms with Gasteiger partial charge in [-0.25, -0.2) is 9.18 Å². The van der Waals surface area contributed by atoms with E-state index in [1.54, 1.807) is 12.1 Å². The maximum atomic E-state index is 14.3. The predicted molar refractivity (Wildman–Crippen MR) is 65.7 cm³/mol. The zero-order valence-corrected chi connectivity index (χ0v) is 10.4. The number of isocyanates is 1. The van der Waals surface area contributed by atoms with Gasteiger partial charge in [0.2, 0.25) is 6.08 Å². The molecule has 3 rings (SSSR count). The second-order valence-electron chi connectivity index (χ2n) is 4.92. The van der Waals surface area contributed by atoms with E-state index >= 15 is 0 Å². The number of benzene rings is 1. The lowest BCUT2D eigenvalue weighted by Crippen LogP contribution is -2.22. The molecule has 19 heavy (non-hydrogen) atoms. The van der Waals surface area contributed by atoms with Crippen LogP contribution in [-0.2, 0) is 10.3 Å². The fraction of sp³-hybridized carbons (Fsp3) is 0.500. The molecule has 5 heteroatoms. The van der Waals surface area contributed by atoms with Crippen LogP contribution in [0.3, 0.4) is 0 Å². The zero-order valence-electron chi connectivity index (χ0n) is 10.4. The number of rotatable bonds is 2. The summed E-state index contributed by atoms with van der Waals surface area (Å²) in [5.74, 6) is 0.538. The van der Waals surface area contributed by atoms with Crippen molar-refractivity contribution in [2.75, 3.05) is 13.2 Å². The average Bonchev–Trinajstić information content (AvgIpc) is 2.88. The Labute approximate surface area is 110 Å². The van der Waals surface area contributed by atoms with Gasteiger partial charge in [-0.15, -0.1) is 0 Å². The van der Waals surface area contributed by atoms with E-state index in [4.69, 9.17) is 9.47 Å². The molecule has 0 unspecified atom stereocenters. The van der Waals surface area contributed by atoms with Crippen molar-refractivity contribution in [3.63, 3.8) is 0 Å². The summed E-state index contributed by atoms with van der Waals surface area (Å²) in [6.07, 6.45) is 4.78. The van der Waals surface area contributed by atoms with Crippen LogP contribution in [0.5, 0.6) is 11.5 Å². The molecule has 1 aliphatic carbocycles. The van der Waals surface area contributed by atoms with Gasteiger partial charge in [-0.3, -0.25) is 0 Å². The number of ether oxygens (including phenoxy) is 2. The SMILES string of the molecule is O=C=NC1(c2cc3c(cc2F)OCCO3)CCCC1. The van der Waals surface area contributed by atoms with Crippen LogP contribution in [0, 0.1) is 5.82 Å². The number of halogens is 1. The molecule has 2 aliphatic rings. The van der Waals surface area contributed by atoms with Gasteiger partial charge in [0.1, 0.15) is 24.6 Å². The fourth-order valence-electron chi connectivity index (χ4n) is 2.91. The summed E-state index contributed by atoms with van der Waals surface area (Å²) in [5.41, 5.74) is -0.362. The monoisotopic (exact) mass is 263 g/mol. The Balaban J connectivity index is 2.10. The second kappa shape index (κ2) is 4.67. The van der Waals surface area contributed by atoms with Gasteiger partial charge in [0.05, 0.1) is 0 Å². The first kappa shape index (κ1) is 12.2. The van der Waals surface area contributed by atoms with E-state index in [1.807, 2.05) is 0 Å². The molecule has 0 saturated heterocycles. The summed E-state index contributed by atoms with van der Waals surface area (Å²) in [7, 11) is 0. The molecule has 1 aromatic carbocycles. The maximum Gasteiger partial charge on any atom is 0.235 e. The van der Waals surface area contributed by atoms with E-state index in [9.17, 15) is 9.18 Å². The van der Waals surface area contributed by atoms with E-state index in [-0.39, 0.29) is 0 Å². The summed E-state index contributed by atoms with van der Waals surface area (Å²) in [5, 5.41) is 0. The molecule has 0 radical (unpaired) electrons. The highest BCUT2D eigenvalue weighted by atomic mass is 19.1. The maximum absolute atomic E-state index is 14.3. The number of fused-ring (bicyclic) bond motifs is 1. The van der Waals surface area contributed by atoms with Gasteiger partial charge in [-0.05, 0) is 18.9 Å². The van der Waals surface area contributed by atoms with E-state index in [0.29, 0.717) is 43.1 Å². The molecule has 1 aliphatic heterocycles. The van der Waals surface area contributed by atoms with Gasteiger partial charge in [0, 0.05) is 11.6 Å². The summed E-state index contributed by atoms with van der Waals surface area (Å²) in [4.78, 5) is 14.6. The molecule has 1 aromatic rings. The van der Waals surface area contributed by atoms with Crippen LogP contribution in [0.25, 0.3) is 0 Å². The standard InChI is InChI=1S/C14H14FNO3/c15-11-8-13-12(18-5-6-19-13)7-10(11)14(16-9-17)3-1-2-4-14/h7-8H,1-6H2. The van der Waals surface area contributed by atoms with Crippen LogP contribution >= 0.6 is 0 Å². The van der Waals surface area contributed by atoms with E-state index in [2.05, 4.69) is 4.99 Å². The summed E-state index contributed by atoms with van der Waals surface area (Å²) in [6, 6.07) is 2.94. The minimum atomic E-state index is -0.776. The van der Waals surface area contributed by atoms with Crippen molar-refractivity contribution in [1.82, 2.24) is 0 Å².